The van der Waals surface area contributed by atoms with Crippen molar-refractivity contribution in [2.45, 2.75) is 24.9 Å². The second kappa shape index (κ2) is 9.06. The summed E-state index contributed by atoms with van der Waals surface area (Å²) in [5.41, 5.74) is 2.86. The third-order valence-corrected chi connectivity index (χ3v) is 5.71. The van der Waals surface area contributed by atoms with Gasteiger partial charge in [-0.1, -0.05) is 59.8 Å². The van der Waals surface area contributed by atoms with Gasteiger partial charge in [-0.25, -0.2) is 0 Å². The predicted molar refractivity (Wildman–Crippen MR) is 110 cm³/mol. The van der Waals surface area contributed by atoms with Gasteiger partial charge in [0.25, 0.3) is 0 Å². The second-order valence-electron chi connectivity index (χ2n) is 6.19. The smallest absolute Gasteiger partial charge is 0.234 e. The van der Waals surface area contributed by atoms with E-state index >= 15 is 0 Å². The average Bonchev–Trinajstić information content (AvgIpc) is 3.03. The number of aryl methyl sites for hydroxylation is 2. The molecule has 0 aliphatic rings. The number of anilines is 1. The maximum atomic E-state index is 12.2. The summed E-state index contributed by atoms with van der Waals surface area (Å²) in [5.74, 6) is 1.07. The first-order chi connectivity index (χ1) is 13.0. The van der Waals surface area contributed by atoms with E-state index in [4.69, 9.17) is 11.6 Å². The van der Waals surface area contributed by atoms with Crippen LogP contribution in [0.25, 0.3) is 0 Å². The first-order valence-corrected chi connectivity index (χ1v) is 10.0. The van der Waals surface area contributed by atoms with Gasteiger partial charge in [-0.3, -0.25) is 4.79 Å². The molecule has 3 aromatic rings. The largest absolute Gasteiger partial charge is 0.325 e. The van der Waals surface area contributed by atoms with Crippen LogP contribution in [0.3, 0.4) is 0 Å². The normalized spacial score (nSPS) is 10.8. The fraction of sp³-hybridized carbons (Fsp3) is 0.250. The number of hydrogen-bond donors (Lipinski definition) is 1. The standard InChI is InChI=1S/C20H21ClN4OS/c1-14-16(21)9-6-10-17(14)22-19(26)13-27-20-24-23-18(25(20)2)12-11-15-7-4-3-5-8-15/h3-10H,11-13H2,1-2H3,(H,22,26). The van der Waals surface area contributed by atoms with Gasteiger partial charge in [0.1, 0.15) is 5.82 Å². The van der Waals surface area contributed by atoms with Gasteiger partial charge in [0.15, 0.2) is 5.16 Å². The summed E-state index contributed by atoms with van der Waals surface area (Å²) in [5, 5.41) is 12.7. The van der Waals surface area contributed by atoms with Crippen molar-refractivity contribution >= 4 is 35.0 Å². The van der Waals surface area contributed by atoms with Gasteiger partial charge in [0.2, 0.25) is 5.91 Å². The lowest BCUT2D eigenvalue weighted by atomic mass is 10.1. The molecule has 1 amide bonds. The number of carbonyl (C=O) groups is 1. The number of aromatic nitrogens is 3. The molecule has 0 aliphatic carbocycles. The van der Waals surface area contributed by atoms with E-state index in [1.54, 1.807) is 6.07 Å². The molecule has 0 saturated carbocycles. The van der Waals surface area contributed by atoms with Crippen LogP contribution < -0.4 is 5.32 Å². The number of hydrogen-bond acceptors (Lipinski definition) is 4. The zero-order valence-corrected chi connectivity index (χ0v) is 16.8. The maximum absolute atomic E-state index is 12.2. The molecule has 1 N–H and O–H groups in total. The van der Waals surface area contributed by atoms with E-state index in [1.807, 2.05) is 48.9 Å². The maximum Gasteiger partial charge on any atom is 0.234 e. The summed E-state index contributed by atoms with van der Waals surface area (Å²) in [7, 11) is 1.93. The van der Waals surface area contributed by atoms with Crippen LogP contribution in [-0.4, -0.2) is 26.4 Å². The first-order valence-electron chi connectivity index (χ1n) is 8.64. The summed E-state index contributed by atoms with van der Waals surface area (Å²) in [6.07, 6.45) is 1.72. The molecule has 0 bridgehead atoms. The Labute approximate surface area is 168 Å². The molecule has 0 atom stereocenters. The van der Waals surface area contributed by atoms with Gasteiger partial charge in [-0.15, -0.1) is 10.2 Å². The SMILES string of the molecule is Cc1c(Cl)cccc1NC(=O)CSc1nnc(CCc2ccccc2)n1C. The number of halogens is 1. The molecular formula is C20H21ClN4OS. The number of rotatable bonds is 7. The van der Waals surface area contributed by atoms with Crippen molar-refractivity contribution in [2.75, 3.05) is 11.1 Å². The Morgan fingerprint density at radius 2 is 1.89 bits per heavy atom. The van der Waals surface area contributed by atoms with Gasteiger partial charge in [0, 0.05) is 24.2 Å². The molecule has 0 saturated heterocycles. The minimum absolute atomic E-state index is 0.0980. The molecule has 1 aromatic heterocycles. The topological polar surface area (TPSA) is 59.8 Å². The zero-order valence-electron chi connectivity index (χ0n) is 15.3. The Morgan fingerprint density at radius 1 is 1.11 bits per heavy atom. The highest BCUT2D eigenvalue weighted by molar-refractivity contribution is 7.99. The van der Waals surface area contributed by atoms with Gasteiger partial charge >= 0.3 is 0 Å². The van der Waals surface area contributed by atoms with Crippen molar-refractivity contribution in [1.29, 1.82) is 0 Å². The highest BCUT2D eigenvalue weighted by Gasteiger charge is 2.12. The Kier molecular flexibility index (Phi) is 6.53. The molecule has 5 nitrogen and oxygen atoms in total. The van der Waals surface area contributed by atoms with Crippen LogP contribution >= 0.6 is 23.4 Å². The molecular weight excluding hydrogens is 380 g/mol. The molecule has 2 aromatic carbocycles. The quantitative estimate of drug-likeness (QED) is 0.601. The third kappa shape index (κ3) is 5.11. The lowest BCUT2D eigenvalue weighted by molar-refractivity contribution is -0.113. The second-order valence-corrected chi connectivity index (χ2v) is 7.54. The fourth-order valence-electron chi connectivity index (χ4n) is 2.65. The van der Waals surface area contributed by atoms with Crippen LogP contribution in [0.2, 0.25) is 5.02 Å². The van der Waals surface area contributed by atoms with Crippen LogP contribution in [0.5, 0.6) is 0 Å². The van der Waals surface area contributed by atoms with Gasteiger partial charge in [0.05, 0.1) is 5.75 Å². The molecule has 1 heterocycles. The van der Waals surface area contributed by atoms with E-state index in [0.717, 1.165) is 35.1 Å². The van der Waals surface area contributed by atoms with Crippen LogP contribution in [-0.2, 0) is 24.7 Å². The molecule has 0 spiro atoms. The van der Waals surface area contributed by atoms with E-state index in [2.05, 4.69) is 27.6 Å². The third-order valence-electron chi connectivity index (χ3n) is 4.28. The van der Waals surface area contributed by atoms with Gasteiger partial charge in [-0.05, 0) is 36.6 Å². The van der Waals surface area contributed by atoms with Crippen molar-refractivity contribution in [3.63, 3.8) is 0 Å². The lowest BCUT2D eigenvalue weighted by Gasteiger charge is -2.09. The molecule has 7 heteroatoms. The van der Waals surface area contributed by atoms with Gasteiger partial charge in [-0.2, -0.15) is 0 Å². The number of amides is 1. The van der Waals surface area contributed by atoms with Crippen LogP contribution in [0.4, 0.5) is 5.69 Å². The summed E-state index contributed by atoms with van der Waals surface area (Å²) in [4.78, 5) is 12.2. The Balaban J connectivity index is 1.54. The van der Waals surface area contributed by atoms with Crippen molar-refractivity contribution < 1.29 is 4.79 Å². The lowest BCUT2D eigenvalue weighted by Crippen LogP contribution is -2.15. The van der Waals surface area contributed by atoms with Gasteiger partial charge < -0.3 is 9.88 Å². The van der Waals surface area contributed by atoms with Crippen molar-refractivity contribution in [3.05, 3.63) is 70.5 Å². The summed E-state index contributed by atoms with van der Waals surface area (Å²) in [6.45, 7) is 1.88. The molecule has 27 heavy (non-hydrogen) atoms. The molecule has 0 radical (unpaired) electrons. The summed E-state index contributed by atoms with van der Waals surface area (Å²) >= 11 is 7.46. The van der Waals surface area contributed by atoms with Crippen LogP contribution in [0.15, 0.2) is 53.7 Å². The fourth-order valence-corrected chi connectivity index (χ4v) is 3.55. The van der Waals surface area contributed by atoms with Crippen molar-refractivity contribution in [2.24, 2.45) is 7.05 Å². The summed E-state index contributed by atoms with van der Waals surface area (Å²) < 4.78 is 1.95. The van der Waals surface area contributed by atoms with Crippen molar-refractivity contribution in [1.82, 2.24) is 14.8 Å². The first kappa shape index (κ1) is 19.5. The number of nitrogens with zero attached hydrogens (tertiary/aromatic N) is 3. The number of carbonyl (C=O) groups excluding carboxylic acids is 1. The van der Waals surface area contributed by atoms with Crippen LogP contribution in [0.1, 0.15) is 17.0 Å². The van der Waals surface area contributed by atoms with E-state index in [1.165, 1.54) is 17.3 Å². The molecule has 0 aliphatic heterocycles. The Morgan fingerprint density at radius 3 is 2.67 bits per heavy atom. The molecule has 0 unspecified atom stereocenters. The zero-order chi connectivity index (χ0) is 19.2. The molecule has 140 valence electrons. The number of benzene rings is 2. The van der Waals surface area contributed by atoms with Crippen molar-refractivity contribution in [3.8, 4) is 0 Å². The molecule has 3 rings (SSSR count). The minimum Gasteiger partial charge on any atom is -0.325 e. The molecule has 0 fully saturated rings. The van der Waals surface area contributed by atoms with E-state index in [-0.39, 0.29) is 11.7 Å². The minimum atomic E-state index is -0.0980. The average molecular weight is 401 g/mol. The van der Waals surface area contributed by atoms with E-state index in [9.17, 15) is 4.79 Å². The Hall–Kier alpha value is -2.31. The Bertz CT molecular complexity index is 927. The van der Waals surface area contributed by atoms with E-state index in [0.29, 0.717) is 5.02 Å². The number of thioether (sulfide) groups is 1. The predicted octanol–water partition coefficient (Wildman–Crippen LogP) is 4.29. The summed E-state index contributed by atoms with van der Waals surface area (Å²) in [6, 6.07) is 15.8. The highest BCUT2D eigenvalue weighted by atomic mass is 35.5. The van der Waals surface area contributed by atoms with Crippen LogP contribution in [0, 0.1) is 6.92 Å². The van der Waals surface area contributed by atoms with E-state index < -0.39 is 0 Å². The monoisotopic (exact) mass is 400 g/mol. The highest BCUT2D eigenvalue weighted by Crippen LogP contribution is 2.23. The number of nitrogens with one attached hydrogen (secondary N) is 1.